The Labute approximate surface area is 131 Å². The van der Waals surface area contributed by atoms with Crippen molar-refractivity contribution >= 4 is 23.2 Å². The van der Waals surface area contributed by atoms with E-state index in [1.165, 1.54) is 0 Å². The molecular weight excluding hydrogens is 297 g/mol. The third-order valence-electron chi connectivity index (χ3n) is 3.38. The highest BCUT2D eigenvalue weighted by molar-refractivity contribution is 6.30. The molecule has 1 saturated heterocycles. The quantitative estimate of drug-likeness (QED) is 0.767. The monoisotopic (exact) mass is 316 g/mol. The fourth-order valence-corrected chi connectivity index (χ4v) is 2.21. The highest BCUT2D eigenvalue weighted by atomic mass is 35.5. The predicted molar refractivity (Wildman–Crippen MR) is 78.6 cm³/mol. The number of benzene rings is 1. The topological polar surface area (TPSA) is 35.6 Å². The lowest BCUT2D eigenvalue weighted by Crippen LogP contribution is -3.00. The second-order valence-electron chi connectivity index (χ2n) is 4.95. The van der Waals surface area contributed by atoms with E-state index in [4.69, 9.17) is 11.6 Å². The first kappa shape index (κ1) is 17.2. The largest absolute Gasteiger partial charge is 1.00 e. The SMILES string of the molecule is CN1CCN(CCC(=O)Nc2ccc(Cl)cc2)CC1.[Cl-]. The molecule has 1 amide bonds. The van der Waals surface area contributed by atoms with Crippen LogP contribution in [0, 0.1) is 0 Å². The van der Waals surface area contributed by atoms with E-state index in [1.807, 2.05) is 12.1 Å². The van der Waals surface area contributed by atoms with Crippen LogP contribution in [0.5, 0.6) is 0 Å². The molecule has 0 bridgehead atoms. The molecule has 0 aromatic heterocycles. The third kappa shape index (κ3) is 5.67. The van der Waals surface area contributed by atoms with Gasteiger partial charge in [-0.15, -0.1) is 0 Å². The molecule has 0 atom stereocenters. The number of rotatable bonds is 4. The zero-order valence-electron chi connectivity index (χ0n) is 11.6. The number of halogens is 2. The summed E-state index contributed by atoms with van der Waals surface area (Å²) in [7, 11) is 2.13. The smallest absolute Gasteiger partial charge is 0.225 e. The van der Waals surface area contributed by atoms with E-state index in [1.54, 1.807) is 12.1 Å². The first-order chi connectivity index (χ1) is 9.13. The molecule has 20 heavy (non-hydrogen) atoms. The molecule has 1 aliphatic heterocycles. The number of carbonyl (C=O) groups excluding carboxylic acids is 1. The molecule has 1 fully saturated rings. The van der Waals surface area contributed by atoms with Gasteiger partial charge in [0.25, 0.3) is 0 Å². The maximum atomic E-state index is 11.8. The number of nitrogens with zero attached hydrogens (tertiary/aromatic N) is 2. The first-order valence-corrected chi connectivity index (χ1v) is 6.97. The summed E-state index contributed by atoms with van der Waals surface area (Å²) in [5.41, 5.74) is 0.799. The van der Waals surface area contributed by atoms with Gasteiger partial charge in [-0.05, 0) is 31.3 Å². The van der Waals surface area contributed by atoms with Crippen LogP contribution in [-0.2, 0) is 4.79 Å². The number of amides is 1. The molecule has 1 aromatic carbocycles. The maximum absolute atomic E-state index is 11.8. The van der Waals surface area contributed by atoms with Crippen molar-refractivity contribution in [2.45, 2.75) is 6.42 Å². The molecule has 112 valence electrons. The number of anilines is 1. The summed E-state index contributed by atoms with van der Waals surface area (Å²) in [6.45, 7) is 5.08. The first-order valence-electron chi connectivity index (χ1n) is 6.60. The van der Waals surface area contributed by atoms with E-state index in [-0.39, 0.29) is 18.3 Å². The van der Waals surface area contributed by atoms with Gasteiger partial charge in [-0.3, -0.25) is 4.79 Å². The molecule has 1 heterocycles. The average Bonchev–Trinajstić information content (AvgIpc) is 2.41. The number of piperazine rings is 1. The van der Waals surface area contributed by atoms with Crippen LogP contribution in [0.3, 0.4) is 0 Å². The van der Waals surface area contributed by atoms with Crippen molar-refractivity contribution in [1.29, 1.82) is 0 Å². The molecule has 1 aliphatic rings. The van der Waals surface area contributed by atoms with Crippen LogP contribution < -0.4 is 17.7 Å². The van der Waals surface area contributed by atoms with Gasteiger partial charge in [-0.1, -0.05) is 11.6 Å². The van der Waals surface area contributed by atoms with E-state index in [2.05, 4.69) is 22.2 Å². The lowest BCUT2D eigenvalue weighted by molar-refractivity contribution is -0.116. The molecule has 1 aromatic rings. The van der Waals surface area contributed by atoms with Gasteiger partial charge in [0, 0.05) is 49.9 Å². The lowest BCUT2D eigenvalue weighted by Gasteiger charge is -2.32. The van der Waals surface area contributed by atoms with E-state index in [0.29, 0.717) is 11.4 Å². The van der Waals surface area contributed by atoms with Gasteiger partial charge in [-0.2, -0.15) is 0 Å². The normalized spacial score (nSPS) is 16.5. The van der Waals surface area contributed by atoms with Gasteiger partial charge < -0.3 is 27.5 Å². The van der Waals surface area contributed by atoms with Gasteiger partial charge in [0.05, 0.1) is 0 Å². The zero-order chi connectivity index (χ0) is 13.7. The van der Waals surface area contributed by atoms with Crippen LogP contribution in [0.2, 0.25) is 5.02 Å². The Kier molecular flexibility index (Phi) is 7.30. The van der Waals surface area contributed by atoms with Gasteiger partial charge in [0.2, 0.25) is 5.91 Å². The van der Waals surface area contributed by atoms with E-state index >= 15 is 0 Å². The average molecular weight is 317 g/mol. The molecule has 1 N–H and O–H groups in total. The standard InChI is InChI=1S/C14H20ClN3O.ClH/c1-17-8-10-18(11-9-17)7-6-14(19)16-13-4-2-12(15)3-5-13;/h2-5H,6-11H2,1H3,(H,16,19);1H/p-1. The van der Waals surface area contributed by atoms with Crippen molar-refractivity contribution in [3.63, 3.8) is 0 Å². The summed E-state index contributed by atoms with van der Waals surface area (Å²) in [5.74, 6) is 0.0567. The Morgan fingerprint density at radius 2 is 1.80 bits per heavy atom. The highest BCUT2D eigenvalue weighted by Gasteiger charge is 2.14. The summed E-state index contributed by atoms with van der Waals surface area (Å²) in [4.78, 5) is 16.5. The summed E-state index contributed by atoms with van der Waals surface area (Å²) >= 11 is 5.80. The number of nitrogens with one attached hydrogen (secondary N) is 1. The number of carbonyl (C=O) groups is 1. The van der Waals surface area contributed by atoms with E-state index in [9.17, 15) is 4.79 Å². The second-order valence-corrected chi connectivity index (χ2v) is 5.39. The molecule has 0 spiro atoms. The Bertz CT molecular complexity index is 417. The van der Waals surface area contributed by atoms with Crippen molar-refractivity contribution in [1.82, 2.24) is 9.80 Å². The summed E-state index contributed by atoms with van der Waals surface area (Å²) in [6.07, 6.45) is 0.534. The molecule has 0 saturated carbocycles. The van der Waals surface area contributed by atoms with E-state index < -0.39 is 0 Å². The van der Waals surface area contributed by atoms with Crippen LogP contribution in [0.25, 0.3) is 0 Å². The van der Waals surface area contributed by atoms with Crippen LogP contribution >= 0.6 is 11.6 Å². The minimum Gasteiger partial charge on any atom is -1.00 e. The number of hydrogen-bond donors (Lipinski definition) is 1. The van der Waals surface area contributed by atoms with Crippen molar-refractivity contribution in [3.05, 3.63) is 29.3 Å². The Hall–Kier alpha value is -0.810. The minimum absolute atomic E-state index is 0. The van der Waals surface area contributed by atoms with Crippen molar-refractivity contribution in [3.8, 4) is 0 Å². The van der Waals surface area contributed by atoms with Crippen LogP contribution in [0.15, 0.2) is 24.3 Å². The Morgan fingerprint density at radius 3 is 2.40 bits per heavy atom. The predicted octanol–water partition coefficient (Wildman–Crippen LogP) is -1.08. The summed E-state index contributed by atoms with van der Waals surface area (Å²) in [6, 6.07) is 7.18. The van der Waals surface area contributed by atoms with E-state index in [0.717, 1.165) is 38.4 Å². The van der Waals surface area contributed by atoms with Crippen LogP contribution in [0.1, 0.15) is 6.42 Å². The van der Waals surface area contributed by atoms with Crippen molar-refractivity contribution in [2.24, 2.45) is 0 Å². The van der Waals surface area contributed by atoms with Crippen molar-refractivity contribution in [2.75, 3.05) is 45.1 Å². The van der Waals surface area contributed by atoms with Gasteiger partial charge >= 0.3 is 0 Å². The van der Waals surface area contributed by atoms with Gasteiger partial charge in [0.1, 0.15) is 0 Å². The third-order valence-corrected chi connectivity index (χ3v) is 3.63. The fraction of sp³-hybridized carbons (Fsp3) is 0.500. The highest BCUT2D eigenvalue weighted by Crippen LogP contribution is 2.13. The minimum atomic E-state index is 0. The Morgan fingerprint density at radius 1 is 1.20 bits per heavy atom. The second kappa shape index (κ2) is 8.47. The van der Waals surface area contributed by atoms with Gasteiger partial charge in [-0.25, -0.2) is 0 Å². The molecule has 4 nitrogen and oxygen atoms in total. The Balaban J connectivity index is 0.00000200. The molecular formula is C14H20Cl2N3O-. The molecule has 0 unspecified atom stereocenters. The lowest BCUT2D eigenvalue weighted by atomic mass is 10.2. The molecule has 2 rings (SSSR count). The number of likely N-dealkylation sites (N-methyl/N-ethyl adjacent to an activating group) is 1. The number of hydrogen-bond acceptors (Lipinski definition) is 3. The molecule has 0 aliphatic carbocycles. The van der Waals surface area contributed by atoms with Crippen LogP contribution in [-0.4, -0.2) is 55.5 Å². The van der Waals surface area contributed by atoms with Crippen molar-refractivity contribution < 1.29 is 17.2 Å². The van der Waals surface area contributed by atoms with Crippen LogP contribution in [0.4, 0.5) is 5.69 Å². The maximum Gasteiger partial charge on any atom is 0.225 e. The van der Waals surface area contributed by atoms with Gasteiger partial charge in [0.15, 0.2) is 0 Å². The molecule has 0 radical (unpaired) electrons. The molecule has 6 heteroatoms. The zero-order valence-corrected chi connectivity index (χ0v) is 13.1. The summed E-state index contributed by atoms with van der Waals surface area (Å²) in [5, 5.41) is 3.56. The fourth-order valence-electron chi connectivity index (χ4n) is 2.09. The summed E-state index contributed by atoms with van der Waals surface area (Å²) < 4.78 is 0.